The van der Waals surface area contributed by atoms with Crippen molar-refractivity contribution < 1.29 is 17.6 Å². The fraction of sp³-hybridized carbons (Fsp3) is 0.0417. The molecule has 0 bridgehead atoms. The first-order chi connectivity index (χ1) is 16.7. The van der Waals surface area contributed by atoms with Gasteiger partial charge in [0.15, 0.2) is 0 Å². The molecule has 0 fully saturated rings. The number of amides is 2. The molecule has 1 aromatic heterocycles. The number of allylic oxidation sites excluding steroid dienone is 2. The van der Waals surface area contributed by atoms with Crippen LogP contribution >= 0.6 is 22.9 Å². The van der Waals surface area contributed by atoms with Gasteiger partial charge >= 0.3 is 6.03 Å². The predicted molar refractivity (Wildman–Crippen MR) is 140 cm³/mol. The quantitative estimate of drug-likeness (QED) is 0.389. The number of sulfonamides is 1. The SMILES string of the molecule is CNc1cc2c(cc1F)C1=CC=Cc3cc(NC(=O)NS(=O)(=O)c4ccc(Cl)s4)ccc3N1C=C2. The lowest BCUT2D eigenvalue weighted by Gasteiger charge is -2.29. The summed E-state index contributed by atoms with van der Waals surface area (Å²) in [4.78, 5) is 14.3. The first-order valence-electron chi connectivity index (χ1n) is 10.4. The third-order valence-electron chi connectivity index (χ3n) is 5.46. The van der Waals surface area contributed by atoms with E-state index in [9.17, 15) is 17.6 Å². The van der Waals surface area contributed by atoms with Crippen molar-refractivity contribution in [1.82, 2.24) is 4.72 Å². The number of urea groups is 1. The lowest BCUT2D eigenvalue weighted by Crippen LogP contribution is -2.34. The average Bonchev–Trinajstić information content (AvgIpc) is 3.17. The summed E-state index contributed by atoms with van der Waals surface area (Å²) in [6, 6.07) is 10.3. The van der Waals surface area contributed by atoms with E-state index in [0.717, 1.165) is 39.4 Å². The zero-order valence-electron chi connectivity index (χ0n) is 18.2. The summed E-state index contributed by atoms with van der Waals surface area (Å²) < 4.78 is 41.4. The Morgan fingerprint density at radius 3 is 2.66 bits per heavy atom. The fourth-order valence-electron chi connectivity index (χ4n) is 3.89. The minimum Gasteiger partial charge on any atom is -0.386 e. The van der Waals surface area contributed by atoms with Crippen LogP contribution in [0, 0.1) is 5.82 Å². The van der Waals surface area contributed by atoms with Gasteiger partial charge in [0.1, 0.15) is 10.0 Å². The number of rotatable bonds is 4. The van der Waals surface area contributed by atoms with Gasteiger partial charge in [0.05, 0.1) is 21.4 Å². The van der Waals surface area contributed by atoms with Crippen LogP contribution in [-0.4, -0.2) is 21.5 Å². The lowest BCUT2D eigenvalue weighted by atomic mass is 9.98. The molecule has 2 aliphatic heterocycles. The highest BCUT2D eigenvalue weighted by atomic mass is 35.5. The van der Waals surface area contributed by atoms with Crippen molar-refractivity contribution in [2.45, 2.75) is 4.21 Å². The Labute approximate surface area is 210 Å². The van der Waals surface area contributed by atoms with Crippen molar-refractivity contribution in [2.24, 2.45) is 0 Å². The number of carbonyl (C=O) groups excluding carboxylic acids is 1. The molecule has 35 heavy (non-hydrogen) atoms. The summed E-state index contributed by atoms with van der Waals surface area (Å²) in [5.41, 5.74) is 4.86. The highest BCUT2D eigenvalue weighted by molar-refractivity contribution is 7.92. The normalized spacial score (nSPS) is 13.8. The van der Waals surface area contributed by atoms with Crippen LogP contribution in [0.5, 0.6) is 0 Å². The van der Waals surface area contributed by atoms with E-state index in [4.69, 9.17) is 11.6 Å². The van der Waals surface area contributed by atoms with E-state index in [2.05, 4.69) is 10.6 Å². The number of thiophene rings is 1. The predicted octanol–water partition coefficient (Wildman–Crippen LogP) is 5.95. The fourth-order valence-corrected chi connectivity index (χ4v) is 6.28. The largest absolute Gasteiger partial charge is 0.386 e. The average molecular weight is 529 g/mol. The molecular formula is C24H18ClFN4O3S2. The molecule has 2 aromatic carbocycles. The maximum Gasteiger partial charge on any atom is 0.333 e. The number of hydrogen-bond donors (Lipinski definition) is 3. The minimum absolute atomic E-state index is 0.0587. The summed E-state index contributed by atoms with van der Waals surface area (Å²) in [6.45, 7) is 0. The van der Waals surface area contributed by atoms with Gasteiger partial charge < -0.3 is 15.5 Å². The van der Waals surface area contributed by atoms with Gasteiger partial charge in [-0.25, -0.2) is 22.3 Å². The monoisotopic (exact) mass is 528 g/mol. The van der Waals surface area contributed by atoms with Crippen LogP contribution in [0.4, 0.5) is 26.2 Å². The van der Waals surface area contributed by atoms with E-state index in [1.165, 1.54) is 18.2 Å². The minimum atomic E-state index is -4.04. The van der Waals surface area contributed by atoms with Gasteiger partial charge in [0.2, 0.25) is 0 Å². The smallest absolute Gasteiger partial charge is 0.333 e. The Balaban J connectivity index is 1.39. The molecule has 3 N–H and O–H groups in total. The second kappa shape index (κ2) is 8.88. The molecule has 2 amide bonds. The number of nitrogens with zero attached hydrogens (tertiary/aromatic N) is 1. The molecule has 0 saturated carbocycles. The zero-order valence-corrected chi connectivity index (χ0v) is 20.6. The molecule has 0 spiro atoms. The Morgan fingerprint density at radius 2 is 1.91 bits per heavy atom. The molecule has 0 aliphatic carbocycles. The van der Waals surface area contributed by atoms with E-state index in [0.29, 0.717) is 15.7 Å². The second-order valence-corrected chi connectivity index (χ2v) is 11.3. The van der Waals surface area contributed by atoms with Crippen molar-refractivity contribution in [3.63, 3.8) is 0 Å². The van der Waals surface area contributed by atoms with Crippen LogP contribution in [0.2, 0.25) is 4.34 Å². The molecule has 0 radical (unpaired) electrons. The number of fused-ring (bicyclic) bond motifs is 5. The van der Waals surface area contributed by atoms with Crippen LogP contribution in [0.3, 0.4) is 0 Å². The standard InChI is InChI=1S/C24H18ClFN4O3S2/c1-27-19-12-14-9-10-30-20-6-5-16(11-15(20)3-2-4-21(30)17(14)13-18(19)26)28-24(31)29-35(32,33)23-8-7-22(25)34-23/h2-13,27H,1H3,(H2,28,29,31). The van der Waals surface area contributed by atoms with Crippen molar-refractivity contribution in [3.05, 3.63) is 87.7 Å². The summed E-state index contributed by atoms with van der Waals surface area (Å²) in [6.07, 6.45) is 9.40. The van der Waals surface area contributed by atoms with Crippen LogP contribution < -0.4 is 20.3 Å². The van der Waals surface area contributed by atoms with E-state index in [-0.39, 0.29) is 10.0 Å². The molecule has 2 aliphatic rings. The van der Waals surface area contributed by atoms with E-state index in [1.807, 2.05) is 40.1 Å². The van der Waals surface area contributed by atoms with E-state index in [1.54, 1.807) is 31.3 Å². The van der Waals surface area contributed by atoms with Gasteiger partial charge in [0, 0.05) is 30.1 Å². The Kier molecular flexibility index (Phi) is 5.87. The molecule has 7 nitrogen and oxygen atoms in total. The Hall–Kier alpha value is -3.60. The van der Waals surface area contributed by atoms with Gasteiger partial charge in [-0.3, -0.25) is 0 Å². The third kappa shape index (κ3) is 4.43. The molecule has 3 aromatic rings. The number of halogens is 2. The van der Waals surface area contributed by atoms with E-state index >= 15 is 0 Å². The van der Waals surface area contributed by atoms with Gasteiger partial charge in [-0.1, -0.05) is 23.8 Å². The summed E-state index contributed by atoms with van der Waals surface area (Å²) in [5, 5.41) is 5.40. The van der Waals surface area contributed by atoms with Gasteiger partial charge in [0.25, 0.3) is 10.0 Å². The molecular weight excluding hydrogens is 511 g/mol. The highest BCUT2D eigenvalue weighted by Crippen LogP contribution is 2.40. The summed E-state index contributed by atoms with van der Waals surface area (Å²) in [7, 11) is -2.36. The molecule has 11 heteroatoms. The second-order valence-electron chi connectivity index (χ2n) is 7.66. The van der Waals surface area contributed by atoms with Gasteiger partial charge in [-0.15, -0.1) is 11.3 Å². The summed E-state index contributed by atoms with van der Waals surface area (Å²) in [5.74, 6) is -0.346. The first-order valence-corrected chi connectivity index (χ1v) is 13.0. The number of benzene rings is 2. The first kappa shape index (κ1) is 23.2. The van der Waals surface area contributed by atoms with Crippen molar-refractivity contribution in [3.8, 4) is 0 Å². The topological polar surface area (TPSA) is 90.5 Å². The third-order valence-corrected chi connectivity index (χ3v) is 8.52. The maximum atomic E-state index is 14.5. The molecule has 178 valence electrons. The van der Waals surface area contributed by atoms with E-state index < -0.39 is 16.1 Å². The molecule has 0 unspecified atom stereocenters. The number of anilines is 3. The van der Waals surface area contributed by atoms with Crippen molar-refractivity contribution in [2.75, 3.05) is 22.6 Å². The Bertz CT molecular complexity index is 1560. The van der Waals surface area contributed by atoms with Crippen molar-refractivity contribution in [1.29, 1.82) is 0 Å². The van der Waals surface area contributed by atoms with Crippen molar-refractivity contribution >= 4 is 73.9 Å². The van der Waals surface area contributed by atoms with Crippen LogP contribution in [0.15, 0.2) is 65.0 Å². The Morgan fingerprint density at radius 1 is 1.09 bits per heavy atom. The molecule has 5 rings (SSSR count). The number of nitrogens with one attached hydrogen (secondary N) is 3. The lowest BCUT2D eigenvalue weighted by molar-refractivity contribution is 0.256. The zero-order chi connectivity index (χ0) is 24.7. The highest BCUT2D eigenvalue weighted by Gasteiger charge is 2.24. The van der Waals surface area contributed by atoms with Gasteiger partial charge in [-0.2, -0.15) is 0 Å². The van der Waals surface area contributed by atoms with Gasteiger partial charge in [-0.05, 0) is 60.2 Å². The molecule has 0 saturated heterocycles. The van der Waals surface area contributed by atoms with Crippen LogP contribution in [0.1, 0.15) is 16.7 Å². The number of carbonyl (C=O) groups is 1. The molecule has 0 atom stereocenters. The van der Waals surface area contributed by atoms with Crippen LogP contribution in [-0.2, 0) is 10.0 Å². The number of hydrogen-bond acceptors (Lipinski definition) is 6. The maximum absolute atomic E-state index is 14.5. The summed E-state index contributed by atoms with van der Waals surface area (Å²) >= 11 is 6.65. The molecule has 3 heterocycles. The van der Waals surface area contributed by atoms with Crippen LogP contribution in [0.25, 0.3) is 17.8 Å².